The molecule has 0 radical (unpaired) electrons. The molecule has 3 aromatic rings. The number of carbonyl (C=O) groups is 2. The molecule has 134 valence electrons. The van der Waals surface area contributed by atoms with E-state index in [0.717, 1.165) is 0 Å². The molecule has 9 heteroatoms. The minimum Gasteiger partial charge on any atom is -0.491 e. The molecule has 0 bridgehead atoms. The first kappa shape index (κ1) is 17.2. The SMILES string of the molecule is COC(=O)c1ccc2nn(CCOc3ccccc3C(=O)O)c(=O)n2c1. The van der Waals surface area contributed by atoms with Gasteiger partial charge in [-0.3, -0.25) is 0 Å². The number of hydrogen-bond donors (Lipinski definition) is 1. The van der Waals surface area contributed by atoms with Crippen LogP contribution in [0.15, 0.2) is 47.4 Å². The summed E-state index contributed by atoms with van der Waals surface area (Å²) in [5.74, 6) is -1.44. The van der Waals surface area contributed by atoms with E-state index in [4.69, 9.17) is 9.84 Å². The number of fused-ring (bicyclic) bond motifs is 1. The van der Waals surface area contributed by atoms with Crippen molar-refractivity contribution in [1.82, 2.24) is 14.2 Å². The second-order valence-electron chi connectivity index (χ2n) is 5.29. The number of ether oxygens (including phenoxy) is 2. The van der Waals surface area contributed by atoms with E-state index in [9.17, 15) is 14.4 Å². The van der Waals surface area contributed by atoms with E-state index in [1.54, 1.807) is 18.2 Å². The number of pyridine rings is 1. The molecule has 3 rings (SSSR count). The number of aromatic nitrogens is 3. The van der Waals surface area contributed by atoms with Crippen LogP contribution in [0, 0.1) is 0 Å². The molecule has 1 aromatic carbocycles. The number of carboxylic acids is 1. The van der Waals surface area contributed by atoms with Crippen LogP contribution in [0.1, 0.15) is 20.7 Å². The lowest BCUT2D eigenvalue weighted by Crippen LogP contribution is -2.24. The van der Waals surface area contributed by atoms with Gasteiger partial charge in [-0.05, 0) is 24.3 Å². The van der Waals surface area contributed by atoms with E-state index in [1.165, 1.54) is 40.6 Å². The third-order valence-electron chi connectivity index (χ3n) is 3.68. The van der Waals surface area contributed by atoms with Gasteiger partial charge in [0.25, 0.3) is 0 Å². The van der Waals surface area contributed by atoms with Gasteiger partial charge in [-0.1, -0.05) is 12.1 Å². The van der Waals surface area contributed by atoms with Gasteiger partial charge in [0.2, 0.25) is 0 Å². The predicted molar refractivity (Wildman–Crippen MR) is 89.7 cm³/mol. The fourth-order valence-electron chi connectivity index (χ4n) is 2.41. The van der Waals surface area contributed by atoms with Crippen LogP contribution >= 0.6 is 0 Å². The van der Waals surface area contributed by atoms with Gasteiger partial charge in [0.15, 0.2) is 5.65 Å². The van der Waals surface area contributed by atoms with Crippen LogP contribution < -0.4 is 10.4 Å². The van der Waals surface area contributed by atoms with Crippen LogP contribution in [0.4, 0.5) is 0 Å². The number of benzene rings is 1. The summed E-state index contributed by atoms with van der Waals surface area (Å²) in [6, 6.07) is 9.28. The van der Waals surface area contributed by atoms with Crippen molar-refractivity contribution in [1.29, 1.82) is 0 Å². The van der Waals surface area contributed by atoms with Gasteiger partial charge in [-0.25, -0.2) is 23.5 Å². The summed E-state index contributed by atoms with van der Waals surface area (Å²) in [5.41, 5.74) is 0.195. The lowest BCUT2D eigenvalue weighted by molar-refractivity contribution is 0.0599. The van der Waals surface area contributed by atoms with Crippen molar-refractivity contribution in [2.75, 3.05) is 13.7 Å². The summed E-state index contributed by atoms with van der Waals surface area (Å²) in [6.07, 6.45) is 1.35. The fraction of sp³-hybridized carbons (Fsp3) is 0.176. The highest BCUT2D eigenvalue weighted by Gasteiger charge is 2.13. The lowest BCUT2D eigenvalue weighted by atomic mass is 10.2. The summed E-state index contributed by atoms with van der Waals surface area (Å²) >= 11 is 0. The van der Waals surface area contributed by atoms with Crippen LogP contribution in [0.5, 0.6) is 5.75 Å². The minimum absolute atomic E-state index is 0.0394. The Morgan fingerprint density at radius 2 is 1.96 bits per heavy atom. The van der Waals surface area contributed by atoms with E-state index < -0.39 is 17.6 Å². The van der Waals surface area contributed by atoms with Gasteiger partial charge in [-0.2, -0.15) is 0 Å². The first-order valence-corrected chi connectivity index (χ1v) is 7.64. The number of esters is 1. The van der Waals surface area contributed by atoms with Gasteiger partial charge in [-0.15, -0.1) is 5.10 Å². The minimum atomic E-state index is -1.10. The summed E-state index contributed by atoms with van der Waals surface area (Å²) in [5, 5.41) is 13.3. The first-order chi connectivity index (χ1) is 12.5. The van der Waals surface area contributed by atoms with Crippen molar-refractivity contribution in [3.63, 3.8) is 0 Å². The molecule has 0 saturated heterocycles. The number of nitrogens with zero attached hydrogens (tertiary/aromatic N) is 3. The zero-order chi connectivity index (χ0) is 18.7. The maximum Gasteiger partial charge on any atom is 0.350 e. The molecule has 1 N–H and O–H groups in total. The Bertz CT molecular complexity index is 1040. The number of methoxy groups -OCH3 is 1. The molecule has 0 aliphatic carbocycles. The number of hydrogen-bond acceptors (Lipinski definition) is 6. The Labute approximate surface area is 147 Å². The third kappa shape index (κ3) is 3.27. The van der Waals surface area contributed by atoms with Crippen molar-refractivity contribution in [2.45, 2.75) is 6.54 Å². The molecule has 0 saturated carbocycles. The van der Waals surface area contributed by atoms with E-state index >= 15 is 0 Å². The average Bonchev–Trinajstić information content (AvgIpc) is 2.96. The molecule has 0 atom stereocenters. The quantitative estimate of drug-likeness (QED) is 0.656. The van der Waals surface area contributed by atoms with Crippen LogP contribution in [0.2, 0.25) is 0 Å². The number of carbonyl (C=O) groups excluding carboxylic acids is 1. The van der Waals surface area contributed by atoms with Gasteiger partial charge in [0.1, 0.15) is 17.9 Å². The van der Waals surface area contributed by atoms with Crippen molar-refractivity contribution in [3.05, 3.63) is 64.2 Å². The summed E-state index contributed by atoms with van der Waals surface area (Å²) in [4.78, 5) is 35.1. The molecule has 0 fully saturated rings. The molecule has 0 amide bonds. The molecule has 9 nitrogen and oxygen atoms in total. The van der Waals surface area contributed by atoms with E-state index in [1.807, 2.05) is 0 Å². The number of carboxylic acid groups (broad SMARTS) is 1. The molecule has 0 aliphatic heterocycles. The Morgan fingerprint density at radius 3 is 2.69 bits per heavy atom. The second kappa shape index (κ2) is 7.09. The van der Waals surface area contributed by atoms with Gasteiger partial charge < -0.3 is 14.6 Å². The van der Waals surface area contributed by atoms with Gasteiger partial charge in [0, 0.05) is 6.20 Å². The first-order valence-electron chi connectivity index (χ1n) is 7.64. The van der Waals surface area contributed by atoms with Gasteiger partial charge in [0.05, 0.1) is 19.2 Å². The normalized spacial score (nSPS) is 10.7. The number of aromatic carboxylic acids is 1. The van der Waals surface area contributed by atoms with Crippen molar-refractivity contribution in [3.8, 4) is 5.75 Å². The smallest absolute Gasteiger partial charge is 0.350 e. The van der Waals surface area contributed by atoms with Crippen LogP contribution in [-0.2, 0) is 11.3 Å². The summed E-state index contributed by atoms with van der Waals surface area (Å²) in [7, 11) is 1.25. The largest absolute Gasteiger partial charge is 0.491 e. The molecule has 26 heavy (non-hydrogen) atoms. The zero-order valence-corrected chi connectivity index (χ0v) is 13.8. The number of rotatable bonds is 6. The highest BCUT2D eigenvalue weighted by atomic mass is 16.5. The average molecular weight is 357 g/mol. The highest BCUT2D eigenvalue weighted by molar-refractivity contribution is 5.90. The van der Waals surface area contributed by atoms with E-state index in [2.05, 4.69) is 9.84 Å². The molecule has 0 aliphatic rings. The van der Waals surface area contributed by atoms with Gasteiger partial charge >= 0.3 is 17.6 Å². The molecule has 2 aromatic heterocycles. The third-order valence-corrected chi connectivity index (χ3v) is 3.68. The van der Waals surface area contributed by atoms with Crippen molar-refractivity contribution < 1.29 is 24.2 Å². The summed E-state index contributed by atoms with van der Waals surface area (Å²) < 4.78 is 12.5. The van der Waals surface area contributed by atoms with E-state index in [-0.39, 0.29) is 30.0 Å². The fourth-order valence-corrected chi connectivity index (χ4v) is 2.41. The zero-order valence-electron chi connectivity index (χ0n) is 13.8. The second-order valence-corrected chi connectivity index (χ2v) is 5.29. The maximum absolute atomic E-state index is 12.4. The van der Waals surface area contributed by atoms with Crippen LogP contribution in [0.25, 0.3) is 5.65 Å². The summed E-state index contributed by atoms with van der Waals surface area (Å²) in [6.45, 7) is 0.167. The Morgan fingerprint density at radius 1 is 1.19 bits per heavy atom. The molecule has 0 unspecified atom stereocenters. The number of para-hydroxylation sites is 1. The van der Waals surface area contributed by atoms with Crippen molar-refractivity contribution >= 4 is 17.6 Å². The predicted octanol–water partition coefficient (Wildman–Crippen LogP) is 1.06. The maximum atomic E-state index is 12.4. The topological polar surface area (TPSA) is 112 Å². The van der Waals surface area contributed by atoms with Crippen LogP contribution in [0.3, 0.4) is 0 Å². The molecule has 0 spiro atoms. The Hall–Kier alpha value is -3.62. The Balaban J connectivity index is 1.78. The lowest BCUT2D eigenvalue weighted by Gasteiger charge is -2.08. The molecule has 2 heterocycles. The Kier molecular flexibility index (Phi) is 4.70. The van der Waals surface area contributed by atoms with Crippen LogP contribution in [-0.4, -0.2) is 44.9 Å². The van der Waals surface area contributed by atoms with Crippen molar-refractivity contribution in [2.24, 2.45) is 0 Å². The molecular weight excluding hydrogens is 342 g/mol. The standard InChI is InChI=1S/C17H15N3O6/c1-25-16(23)11-6-7-14-18-20(17(24)19(14)10-11)8-9-26-13-5-3-2-4-12(13)15(21)22/h2-7,10H,8-9H2,1H3,(H,21,22). The highest BCUT2D eigenvalue weighted by Crippen LogP contribution is 2.17. The monoisotopic (exact) mass is 357 g/mol. The van der Waals surface area contributed by atoms with E-state index in [0.29, 0.717) is 5.65 Å². The molecular formula is C17H15N3O6.